The van der Waals surface area contributed by atoms with Gasteiger partial charge in [0.2, 0.25) is 0 Å². The second kappa shape index (κ2) is 4.23. The lowest BCUT2D eigenvalue weighted by Gasteiger charge is -2.04. The van der Waals surface area contributed by atoms with E-state index in [-0.39, 0.29) is 12.2 Å². The van der Waals surface area contributed by atoms with Crippen molar-refractivity contribution in [2.75, 3.05) is 0 Å². The molecule has 0 unspecified atom stereocenters. The Morgan fingerprint density at radius 2 is 1.89 bits per heavy atom. The first-order valence-corrected chi connectivity index (χ1v) is 5.79. The monoisotopic (exact) mass is 240 g/mol. The average Bonchev–Trinajstić information content (AvgIpc) is 2.54. The maximum atomic E-state index is 12.3. The predicted molar refractivity (Wildman–Crippen MR) is 75.5 cm³/mol. The van der Waals surface area contributed by atoms with Crippen molar-refractivity contribution in [1.82, 2.24) is 9.13 Å². The number of benzene rings is 1. The van der Waals surface area contributed by atoms with Crippen LogP contribution in [0.25, 0.3) is 16.7 Å². The van der Waals surface area contributed by atoms with E-state index in [1.54, 1.807) is 9.13 Å². The normalized spacial score (nSPS) is 10.6. The molecule has 0 fully saturated rings. The highest BCUT2D eigenvalue weighted by atomic mass is 16.1. The van der Waals surface area contributed by atoms with Crippen LogP contribution in [0.2, 0.25) is 0 Å². The minimum absolute atomic E-state index is 0.125. The summed E-state index contributed by atoms with van der Waals surface area (Å²) in [5, 5.41) is 0. The molecule has 0 bridgehead atoms. The Morgan fingerprint density at radius 1 is 1.33 bits per heavy atom. The van der Waals surface area contributed by atoms with Gasteiger partial charge in [-0.15, -0.1) is 6.42 Å². The molecular weight excluding hydrogens is 224 g/mol. The van der Waals surface area contributed by atoms with Gasteiger partial charge in [-0.3, -0.25) is 9.13 Å². The summed E-state index contributed by atoms with van der Waals surface area (Å²) in [7, 11) is 0. The average molecular weight is 240 g/mol. The van der Waals surface area contributed by atoms with Crippen LogP contribution in [0.5, 0.6) is 0 Å². The Balaban J connectivity index is 2.98. The molecule has 0 amide bonds. The van der Waals surface area contributed by atoms with Crippen molar-refractivity contribution in [2.24, 2.45) is 0 Å². The number of allylic oxidation sites excluding steroid dienone is 1. The van der Waals surface area contributed by atoms with Crippen molar-refractivity contribution < 1.29 is 0 Å². The molecule has 18 heavy (non-hydrogen) atoms. The molecule has 3 heteroatoms. The van der Waals surface area contributed by atoms with Gasteiger partial charge in [0.15, 0.2) is 0 Å². The lowest BCUT2D eigenvalue weighted by molar-refractivity contribution is 0.799. The molecule has 2 aromatic rings. The molecule has 1 heterocycles. The fourth-order valence-corrected chi connectivity index (χ4v) is 2.12. The van der Waals surface area contributed by atoms with Crippen molar-refractivity contribution in [3.05, 3.63) is 40.3 Å². The smallest absolute Gasteiger partial charge is 0.280 e. The van der Waals surface area contributed by atoms with E-state index in [1.165, 1.54) is 0 Å². The summed E-state index contributed by atoms with van der Waals surface area (Å²) in [6.07, 6.45) is 5.33. The van der Waals surface area contributed by atoms with Crippen molar-refractivity contribution in [1.29, 1.82) is 0 Å². The standard InChI is InChI=1S/C15H16N2O/c1-6-7-16-13-8-11(4)12(5)9-14(13)17(10(2)3)15(16)18/h1,8-9H,2,7H2,3-5H3. The third-order valence-corrected chi connectivity index (χ3v) is 3.18. The minimum atomic E-state index is -0.125. The summed E-state index contributed by atoms with van der Waals surface area (Å²) in [5.41, 5.74) is 4.60. The molecule has 0 aliphatic carbocycles. The quantitative estimate of drug-likeness (QED) is 0.741. The zero-order valence-corrected chi connectivity index (χ0v) is 10.9. The van der Waals surface area contributed by atoms with E-state index >= 15 is 0 Å². The van der Waals surface area contributed by atoms with E-state index in [9.17, 15) is 4.79 Å². The SMILES string of the molecule is C#CCn1c(=O)n(C(=C)C)c2cc(C)c(C)cc21. The zero-order chi connectivity index (χ0) is 13.4. The minimum Gasteiger partial charge on any atom is -0.280 e. The lowest BCUT2D eigenvalue weighted by atomic mass is 10.1. The van der Waals surface area contributed by atoms with Crippen LogP contribution in [-0.4, -0.2) is 9.13 Å². The van der Waals surface area contributed by atoms with E-state index in [0.717, 1.165) is 22.2 Å². The molecular formula is C15H16N2O. The second-order valence-electron chi connectivity index (χ2n) is 4.57. The number of aryl methyl sites for hydroxylation is 2. The molecule has 2 rings (SSSR count). The molecule has 3 nitrogen and oxygen atoms in total. The van der Waals surface area contributed by atoms with Gasteiger partial charge in [-0.05, 0) is 44.0 Å². The number of rotatable bonds is 2. The maximum Gasteiger partial charge on any atom is 0.334 e. The van der Waals surface area contributed by atoms with Crippen LogP contribution in [0, 0.1) is 26.2 Å². The highest BCUT2D eigenvalue weighted by molar-refractivity contribution is 5.81. The van der Waals surface area contributed by atoms with Crippen LogP contribution in [0.15, 0.2) is 23.5 Å². The van der Waals surface area contributed by atoms with Crippen molar-refractivity contribution in [3.8, 4) is 12.3 Å². The Hall–Kier alpha value is -2.21. The van der Waals surface area contributed by atoms with Crippen LogP contribution >= 0.6 is 0 Å². The summed E-state index contributed by atoms with van der Waals surface area (Å²) in [6.45, 7) is 10.0. The van der Waals surface area contributed by atoms with E-state index in [0.29, 0.717) is 5.70 Å². The Morgan fingerprint density at radius 3 is 2.39 bits per heavy atom. The molecule has 0 saturated carbocycles. The zero-order valence-electron chi connectivity index (χ0n) is 10.9. The highest BCUT2D eigenvalue weighted by Gasteiger charge is 2.13. The van der Waals surface area contributed by atoms with Gasteiger partial charge >= 0.3 is 5.69 Å². The summed E-state index contributed by atoms with van der Waals surface area (Å²) < 4.78 is 3.22. The fourth-order valence-electron chi connectivity index (χ4n) is 2.12. The number of hydrogen-bond acceptors (Lipinski definition) is 1. The number of terminal acetylenes is 1. The van der Waals surface area contributed by atoms with Crippen molar-refractivity contribution in [2.45, 2.75) is 27.3 Å². The number of aromatic nitrogens is 2. The van der Waals surface area contributed by atoms with Crippen LogP contribution in [0.4, 0.5) is 0 Å². The van der Waals surface area contributed by atoms with Crippen LogP contribution in [0.3, 0.4) is 0 Å². The molecule has 92 valence electrons. The largest absolute Gasteiger partial charge is 0.334 e. The van der Waals surface area contributed by atoms with Crippen LogP contribution in [-0.2, 0) is 6.54 Å². The molecule has 0 radical (unpaired) electrons. The number of imidazole rings is 1. The third kappa shape index (κ3) is 1.67. The second-order valence-corrected chi connectivity index (χ2v) is 4.57. The Kier molecular flexibility index (Phi) is 2.88. The number of nitrogens with zero attached hydrogens (tertiary/aromatic N) is 2. The van der Waals surface area contributed by atoms with Gasteiger partial charge in [-0.2, -0.15) is 0 Å². The maximum absolute atomic E-state index is 12.3. The van der Waals surface area contributed by atoms with E-state index in [1.807, 2.05) is 32.9 Å². The molecule has 1 aromatic heterocycles. The van der Waals surface area contributed by atoms with Gasteiger partial charge in [-0.25, -0.2) is 4.79 Å². The van der Waals surface area contributed by atoms with E-state index in [2.05, 4.69) is 12.5 Å². The van der Waals surface area contributed by atoms with E-state index in [4.69, 9.17) is 6.42 Å². The third-order valence-electron chi connectivity index (χ3n) is 3.18. The number of fused-ring (bicyclic) bond motifs is 1. The molecule has 0 N–H and O–H groups in total. The van der Waals surface area contributed by atoms with Gasteiger partial charge in [0.1, 0.15) is 0 Å². The van der Waals surface area contributed by atoms with E-state index < -0.39 is 0 Å². The highest BCUT2D eigenvalue weighted by Crippen LogP contribution is 2.20. The van der Waals surface area contributed by atoms with Gasteiger partial charge in [-0.1, -0.05) is 12.5 Å². The first-order chi connectivity index (χ1) is 8.47. The topological polar surface area (TPSA) is 26.9 Å². The molecule has 0 aliphatic heterocycles. The summed E-state index contributed by atoms with van der Waals surface area (Å²) in [6, 6.07) is 4.01. The molecule has 0 atom stereocenters. The fraction of sp³-hybridized carbons (Fsp3) is 0.267. The van der Waals surface area contributed by atoms with Gasteiger partial charge in [0.05, 0.1) is 17.6 Å². The van der Waals surface area contributed by atoms with Gasteiger partial charge in [0.25, 0.3) is 0 Å². The summed E-state index contributed by atoms with van der Waals surface area (Å²) in [5.74, 6) is 2.52. The van der Waals surface area contributed by atoms with Crippen molar-refractivity contribution in [3.63, 3.8) is 0 Å². The van der Waals surface area contributed by atoms with Gasteiger partial charge < -0.3 is 0 Å². The molecule has 0 saturated heterocycles. The van der Waals surface area contributed by atoms with Crippen LogP contribution in [0.1, 0.15) is 18.1 Å². The Bertz CT molecular complexity index is 738. The lowest BCUT2D eigenvalue weighted by Crippen LogP contribution is -2.22. The van der Waals surface area contributed by atoms with Gasteiger partial charge in [0, 0.05) is 5.70 Å². The Labute approximate surface area is 106 Å². The summed E-state index contributed by atoms with van der Waals surface area (Å²) in [4.78, 5) is 12.3. The number of hydrogen-bond donors (Lipinski definition) is 0. The van der Waals surface area contributed by atoms with Crippen LogP contribution < -0.4 is 5.69 Å². The van der Waals surface area contributed by atoms with Crippen molar-refractivity contribution >= 4 is 16.7 Å². The molecule has 0 spiro atoms. The first-order valence-electron chi connectivity index (χ1n) is 5.79. The predicted octanol–water partition coefficient (Wildman–Crippen LogP) is 2.54. The molecule has 1 aromatic carbocycles. The molecule has 0 aliphatic rings. The summed E-state index contributed by atoms with van der Waals surface area (Å²) >= 11 is 0. The first kappa shape index (κ1) is 12.3.